The van der Waals surface area contributed by atoms with Gasteiger partial charge in [-0.3, -0.25) is 9.59 Å². The number of hydrogen-bond donors (Lipinski definition) is 1. The monoisotopic (exact) mass is 333 g/mol. The lowest BCUT2D eigenvalue weighted by Gasteiger charge is -2.29. The quantitative estimate of drug-likeness (QED) is 0.774. The molecule has 6 heteroatoms. The van der Waals surface area contributed by atoms with E-state index in [-0.39, 0.29) is 17.9 Å². The second-order valence-corrected chi connectivity index (χ2v) is 5.67. The summed E-state index contributed by atoms with van der Waals surface area (Å²) in [7, 11) is 2.94. The molecule has 24 heavy (non-hydrogen) atoms. The molecule has 1 aromatic rings. The van der Waals surface area contributed by atoms with Crippen LogP contribution in [-0.4, -0.2) is 48.8 Å². The van der Waals surface area contributed by atoms with Crippen LogP contribution in [0.15, 0.2) is 35.6 Å². The van der Waals surface area contributed by atoms with Gasteiger partial charge in [0.15, 0.2) is 17.8 Å². The molecule has 1 heterocycles. The Morgan fingerprint density at radius 3 is 2.29 bits per heavy atom. The van der Waals surface area contributed by atoms with E-state index in [4.69, 9.17) is 9.47 Å². The molecule has 1 aliphatic heterocycles. The normalized spacial score (nSPS) is 18.0. The molecule has 0 bridgehead atoms. The van der Waals surface area contributed by atoms with Gasteiger partial charge >= 0.3 is 0 Å². The van der Waals surface area contributed by atoms with Gasteiger partial charge in [0.05, 0.1) is 18.2 Å². The number of aliphatic hydroxyl groups is 1. The molecule has 1 aromatic carbocycles. The molecular weight excluding hydrogens is 310 g/mol. The van der Waals surface area contributed by atoms with E-state index < -0.39 is 24.0 Å². The average Bonchev–Trinajstić information content (AvgIpc) is 2.84. The SMILES string of the molecule is CCc1ccc([C@H]2C(C(C)=O)=C(O)C(=O)N2CC(OC)OC)cc1. The summed E-state index contributed by atoms with van der Waals surface area (Å²) in [5.41, 5.74) is 2.02. The lowest BCUT2D eigenvalue weighted by Crippen LogP contribution is -2.38. The Kier molecular flexibility index (Phi) is 5.75. The van der Waals surface area contributed by atoms with Crippen LogP contribution >= 0.6 is 0 Å². The first kappa shape index (κ1) is 18.2. The molecule has 1 N–H and O–H groups in total. The Bertz CT molecular complexity index is 646. The molecule has 1 amide bonds. The van der Waals surface area contributed by atoms with Crippen molar-refractivity contribution < 1.29 is 24.2 Å². The zero-order valence-corrected chi connectivity index (χ0v) is 14.4. The van der Waals surface area contributed by atoms with Crippen molar-refractivity contribution in [2.75, 3.05) is 20.8 Å². The molecular formula is C18H23NO5. The number of nitrogens with zero attached hydrogens (tertiary/aromatic N) is 1. The molecule has 0 radical (unpaired) electrons. The van der Waals surface area contributed by atoms with E-state index in [2.05, 4.69) is 6.92 Å². The summed E-state index contributed by atoms with van der Waals surface area (Å²) in [5.74, 6) is -1.43. The highest BCUT2D eigenvalue weighted by molar-refractivity contribution is 6.08. The van der Waals surface area contributed by atoms with Crippen molar-refractivity contribution in [3.05, 3.63) is 46.7 Å². The van der Waals surface area contributed by atoms with Crippen LogP contribution in [0, 0.1) is 0 Å². The zero-order chi connectivity index (χ0) is 17.9. The van der Waals surface area contributed by atoms with Gasteiger partial charge in [-0.25, -0.2) is 0 Å². The molecule has 0 saturated carbocycles. The minimum atomic E-state index is -0.648. The van der Waals surface area contributed by atoms with Crippen molar-refractivity contribution in [3.8, 4) is 0 Å². The van der Waals surface area contributed by atoms with Gasteiger partial charge in [-0.15, -0.1) is 0 Å². The van der Waals surface area contributed by atoms with Crippen molar-refractivity contribution >= 4 is 11.7 Å². The van der Waals surface area contributed by atoms with Gasteiger partial charge in [-0.2, -0.15) is 0 Å². The number of Topliss-reactive ketones (excluding diaryl/α,β-unsaturated/α-hetero) is 1. The van der Waals surface area contributed by atoms with Gasteiger partial charge in [0.2, 0.25) is 0 Å². The summed E-state index contributed by atoms with van der Waals surface area (Å²) in [5, 5.41) is 10.2. The number of aryl methyl sites for hydroxylation is 1. The fourth-order valence-corrected chi connectivity index (χ4v) is 2.89. The lowest BCUT2D eigenvalue weighted by atomic mass is 9.95. The predicted molar refractivity (Wildman–Crippen MR) is 88.4 cm³/mol. The van der Waals surface area contributed by atoms with Crippen LogP contribution in [0.2, 0.25) is 0 Å². The highest BCUT2D eigenvalue weighted by Crippen LogP contribution is 2.37. The highest BCUT2D eigenvalue weighted by atomic mass is 16.7. The maximum absolute atomic E-state index is 12.4. The average molecular weight is 333 g/mol. The van der Waals surface area contributed by atoms with E-state index in [0.29, 0.717) is 0 Å². The van der Waals surface area contributed by atoms with Crippen molar-refractivity contribution in [1.29, 1.82) is 0 Å². The van der Waals surface area contributed by atoms with E-state index in [9.17, 15) is 14.7 Å². The minimum absolute atomic E-state index is 0.104. The predicted octanol–water partition coefficient (Wildman–Crippen LogP) is 2.15. The minimum Gasteiger partial charge on any atom is -0.503 e. The van der Waals surface area contributed by atoms with Crippen LogP contribution in [0.5, 0.6) is 0 Å². The molecule has 2 rings (SSSR count). The Morgan fingerprint density at radius 2 is 1.83 bits per heavy atom. The number of hydrogen-bond acceptors (Lipinski definition) is 5. The number of carbonyl (C=O) groups is 2. The molecule has 0 saturated heterocycles. The maximum atomic E-state index is 12.4. The van der Waals surface area contributed by atoms with Crippen LogP contribution in [0.1, 0.15) is 31.0 Å². The second-order valence-electron chi connectivity index (χ2n) is 5.67. The number of methoxy groups -OCH3 is 2. The summed E-state index contributed by atoms with van der Waals surface area (Å²) >= 11 is 0. The highest BCUT2D eigenvalue weighted by Gasteiger charge is 2.43. The smallest absolute Gasteiger partial charge is 0.290 e. The van der Waals surface area contributed by atoms with Crippen molar-refractivity contribution in [2.24, 2.45) is 0 Å². The van der Waals surface area contributed by atoms with E-state index in [1.165, 1.54) is 26.0 Å². The molecule has 0 fully saturated rings. The lowest BCUT2D eigenvalue weighted by molar-refractivity contribution is -0.144. The van der Waals surface area contributed by atoms with E-state index >= 15 is 0 Å². The molecule has 0 aliphatic carbocycles. The van der Waals surface area contributed by atoms with E-state index in [0.717, 1.165) is 17.5 Å². The van der Waals surface area contributed by atoms with Crippen LogP contribution in [0.4, 0.5) is 0 Å². The number of ether oxygens (including phenoxy) is 2. The summed E-state index contributed by atoms with van der Waals surface area (Å²) in [6, 6.07) is 7.01. The molecule has 1 aliphatic rings. The first-order valence-electron chi connectivity index (χ1n) is 7.84. The fourth-order valence-electron chi connectivity index (χ4n) is 2.89. The van der Waals surface area contributed by atoms with Crippen LogP contribution < -0.4 is 0 Å². The fraction of sp³-hybridized carbons (Fsp3) is 0.444. The number of benzene rings is 1. The van der Waals surface area contributed by atoms with Crippen molar-refractivity contribution in [2.45, 2.75) is 32.6 Å². The summed E-state index contributed by atoms with van der Waals surface area (Å²) in [6.07, 6.45) is 0.245. The Morgan fingerprint density at radius 1 is 1.25 bits per heavy atom. The standard InChI is InChI=1S/C18H23NO5/c1-5-12-6-8-13(9-7-12)16-15(11(2)20)17(21)18(22)19(16)10-14(23-3)24-4/h6-9,14,16,21H,5,10H2,1-4H3/t16-/m0/s1. The van der Waals surface area contributed by atoms with Crippen molar-refractivity contribution in [1.82, 2.24) is 4.90 Å². The van der Waals surface area contributed by atoms with E-state index in [1.54, 1.807) is 0 Å². The molecule has 0 unspecified atom stereocenters. The first-order chi connectivity index (χ1) is 11.4. The number of ketones is 1. The molecule has 0 aromatic heterocycles. The third-order valence-electron chi connectivity index (χ3n) is 4.26. The Labute approximate surface area is 141 Å². The van der Waals surface area contributed by atoms with Gasteiger partial charge in [-0.05, 0) is 24.5 Å². The van der Waals surface area contributed by atoms with Crippen LogP contribution in [-0.2, 0) is 25.5 Å². The first-order valence-corrected chi connectivity index (χ1v) is 7.84. The summed E-state index contributed by atoms with van der Waals surface area (Å²) in [4.78, 5) is 25.9. The number of aliphatic hydroxyl groups excluding tert-OH is 1. The molecule has 130 valence electrons. The maximum Gasteiger partial charge on any atom is 0.290 e. The zero-order valence-electron chi connectivity index (χ0n) is 14.4. The largest absolute Gasteiger partial charge is 0.503 e. The van der Waals surface area contributed by atoms with Gasteiger partial charge in [0.25, 0.3) is 5.91 Å². The Balaban J connectivity index is 2.45. The van der Waals surface area contributed by atoms with Gasteiger partial charge in [-0.1, -0.05) is 31.2 Å². The van der Waals surface area contributed by atoms with Crippen molar-refractivity contribution in [3.63, 3.8) is 0 Å². The van der Waals surface area contributed by atoms with Crippen LogP contribution in [0.25, 0.3) is 0 Å². The topological polar surface area (TPSA) is 76.1 Å². The Hall–Kier alpha value is -2.18. The number of carbonyl (C=O) groups excluding carboxylic acids is 2. The van der Waals surface area contributed by atoms with E-state index in [1.807, 2.05) is 24.3 Å². The van der Waals surface area contributed by atoms with Crippen LogP contribution in [0.3, 0.4) is 0 Å². The van der Waals surface area contributed by atoms with Gasteiger partial charge < -0.3 is 19.5 Å². The summed E-state index contributed by atoms with van der Waals surface area (Å²) < 4.78 is 10.3. The number of rotatable bonds is 7. The summed E-state index contributed by atoms with van der Waals surface area (Å²) in [6.45, 7) is 3.50. The second kappa shape index (κ2) is 7.59. The molecule has 6 nitrogen and oxygen atoms in total. The third kappa shape index (κ3) is 3.34. The van der Waals surface area contributed by atoms with Gasteiger partial charge in [0, 0.05) is 14.2 Å². The van der Waals surface area contributed by atoms with Gasteiger partial charge in [0.1, 0.15) is 0 Å². The molecule has 1 atom stereocenters. The third-order valence-corrected chi connectivity index (χ3v) is 4.26. The number of amides is 1. The molecule has 0 spiro atoms.